The summed E-state index contributed by atoms with van der Waals surface area (Å²) in [6.45, 7) is 13.9. The van der Waals surface area contributed by atoms with Crippen LogP contribution in [-0.4, -0.2) is 4.57 Å². The van der Waals surface area contributed by atoms with E-state index in [-0.39, 0.29) is 10.8 Å². The van der Waals surface area contributed by atoms with Gasteiger partial charge in [-0.1, -0.05) is 433 Å². The average Bonchev–Trinajstić information content (AvgIpc) is 1.49. The second-order valence-electron chi connectivity index (χ2n) is 41.1. The highest BCUT2D eigenvalue weighted by Crippen LogP contribution is 2.73. The van der Waals surface area contributed by atoms with Gasteiger partial charge in [-0.2, -0.15) is 0 Å². The molecule has 0 unspecified atom stereocenters. The lowest BCUT2D eigenvalue weighted by Crippen LogP contribution is -2.43. The van der Waals surface area contributed by atoms with Crippen LogP contribution in [0.3, 0.4) is 0 Å². The van der Waals surface area contributed by atoms with Crippen molar-refractivity contribution in [3.63, 3.8) is 0 Å². The number of hydrogen-bond acceptors (Lipinski definition) is 2. The highest BCUT2D eigenvalue weighted by Gasteiger charge is 2.62. The molecule has 22 aromatic rings. The minimum atomic E-state index is -0.668. The molecule has 4 spiro atoms. The summed E-state index contributed by atoms with van der Waals surface area (Å²) < 4.78 is 2.53. The minimum Gasteiger partial charge on any atom is -0.310 e. The van der Waals surface area contributed by atoms with Gasteiger partial charge in [0, 0.05) is 61.0 Å². The van der Waals surface area contributed by atoms with Crippen LogP contribution in [0.5, 0.6) is 0 Å². The Morgan fingerprint density at radius 3 is 0.865 bits per heavy atom. The van der Waals surface area contributed by atoms with Crippen molar-refractivity contribution in [3.05, 3.63) is 602 Å². The minimum absolute atomic E-state index is 0.162. The molecule has 21 aromatic carbocycles. The van der Waals surface area contributed by atoms with Gasteiger partial charge >= 0.3 is 0 Å². The third kappa shape index (κ3) is 10.6. The molecule has 0 saturated heterocycles. The molecule has 3 heteroatoms. The maximum atomic E-state index is 2.54. The van der Waals surface area contributed by atoms with Crippen LogP contribution in [0.2, 0.25) is 0 Å². The topological polar surface area (TPSA) is 11.4 Å². The summed E-state index contributed by atoms with van der Waals surface area (Å²) in [5.41, 5.74) is 55.2. The maximum absolute atomic E-state index is 2.54. The van der Waals surface area contributed by atoms with Gasteiger partial charge in [-0.15, -0.1) is 0 Å². The molecular formula is C138H97N3. The van der Waals surface area contributed by atoms with Crippen LogP contribution in [0.25, 0.3) is 105 Å². The molecule has 30 rings (SSSR count). The van der Waals surface area contributed by atoms with E-state index in [1.165, 1.54) is 239 Å². The number of rotatable bonds is 8. The van der Waals surface area contributed by atoms with Crippen molar-refractivity contribution in [3.8, 4) is 83.6 Å². The molecule has 8 aliphatic rings. The van der Waals surface area contributed by atoms with Gasteiger partial charge in [-0.3, -0.25) is 0 Å². The van der Waals surface area contributed by atoms with Crippen LogP contribution < -0.4 is 9.80 Å². The fourth-order valence-electron chi connectivity index (χ4n) is 28.1. The molecule has 0 radical (unpaired) electrons. The van der Waals surface area contributed by atoms with Crippen LogP contribution in [0, 0.1) is 13.8 Å². The molecule has 141 heavy (non-hydrogen) atoms. The van der Waals surface area contributed by atoms with Crippen LogP contribution in [0.15, 0.2) is 479 Å². The van der Waals surface area contributed by atoms with Crippen molar-refractivity contribution in [2.45, 2.75) is 74.0 Å². The first-order chi connectivity index (χ1) is 69.3. The number of nitrogens with zero attached hydrogens (tertiary/aromatic N) is 3. The second kappa shape index (κ2) is 29.8. The molecule has 0 bridgehead atoms. The van der Waals surface area contributed by atoms with Crippen LogP contribution in [0.4, 0.5) is 34.1 Å². The molecule has 1 heterocycles. The van der Waals surface area contributed by atoms with Gasteiger partial charge in [-0.25, -0.2) is 0 Å². The van der Waals surface area contributed by atoms with Gasteiger partial charge in [0.15, 0.2) is 0 Å². The summed E-state index contributed by atoms with van der Waals surface area (Å²) in [5, 5.41) is 2.53. The van der Waals surface area contributed by atoms with E-state index in [1.807, 2.05) is 0 Å². The first-order valence-electron chi connectivity index (χ1n) is 49.9. The van der Waals surface area contributed by atoms with Crippen LogP contribution >= 0.6 is 0 Å². The first kappa shape index (κ1) is 81.2. The zero-order valence-electron chi connectivity index (χ0n) is 79.5. The van der Waals surface area contributed by atoms with Gasteiger partial charge in [0.2, 0.25) is 0 Å². The van der Waals surface area contributed by atoms with Gasteiger partial charge < -0.3 is 14.4 Å². The lowest BCUT2D eigenvalue weighted by atomic mass is 9.52. The second-order valence-corrected chi connectivity index (χ2v) is 41.1. The van der Waals surface area contributed by atoms with Gasteiger partial charge in [0.05, 0.1) is 49.8 Å². The number of aromatic nitrogens is 1. The van der Waals surface area contributed by atoms with Crippen molar-refractivity contribution >= 4 is 55.9 Å². The molecular weight excluding hydrogens is 1700 g/mol. The zero-order valence-corrected chi connectivity index (χ0v) is 79.5. The van der Waals surface area contributed by atoms with E-state index in [0.29, 0.717) is 0 Å². The van der Waals surface area contributed by atoms with Crippen LogP contribution in [0.1, 0.15) is 150 Å². The number of anilines is 6. The normalized spacial score (nSPS) is 15.1. The average molecular weight is 1800 g/mol. The lowest BCUT2D eigenvalue weighted by Gasteiger charge is -2.49. The van der Waals surface area contributed by atoms with Crippen molar-refractivity contribution < 1.29 is 0 Å². The molecule has 0 N–H and O–H groups in total. The number of fused-ring (bicyclic) bond motifs is 41. The lowest BCUT2D eigenvalue weighted by molar-refractivity contribution is 0.633. The van der Waals surface area contributed by atoms with Crippen molar-refractivity contribution in [2.75, 3.05) is 9.80 Å². The first-order valence-corrected chi connectivity index (χ1v) is 49.9. The van der Waals surface area contributed by atoms with Crippen molar-refractivity contribution in [1.29, 1.82) is 0 Å². The molecule has 0 aliphatic heterocycles. The predicted octanol–water partition coefficient (Wildman–Crippen LogP) is 34.4. The Bertz CT molecular complexity index is 8660. The van der Waals surface area contributed by atoms with Gasteiger partial charge in [-0.05, 0) is 271 Å². The predicted molar refractivity (Wildman–Crippen MR) is 583 cm³/mol. The third-order valence-corrected chi connectivity index (χ3v) is 33.8. The summed E-state index contributed by atoms with van der Waals surface area (Å²) in [6, 6.07) is 183. The van der Waals surface area contributed by atoms with Crippen LogP contribution in [-0.2, 0) is 32.5 Å². The number of hydrogen-bond donors (Lipinski definition) is 0. The largest absolute Gasteiger partial charge is 0.310 e. The van der Waals surface area contributed by atoms with E-state index in [1.54, 1.807) is 0 Å². The maximum Gasteiger partial charge on any atom is 0.0720 e. The molecule has 3 nitrogen and oxygen atoms in total. The SMILES string of the molecule is Cc1ccc(N(c2ccc3c(c2)C(C)(C)c2ccccc2-3)c2cccc3c2-c2ccccc2C32c3ccccc3C3(c4ccccc4-c4c(N(c5ccc(C)cc5)c5ccc6c(c5)C(C)(C)c5ccccc5-6)cccc43)c3ccccc32)cc1.c1ccc(-c2ccc3c(c2)c2ccccc2n3-c2cccc3c2-c2ccccc2C32c3ccccc3C3(c4ccccc4-c4ccccc43)c3ccccc32)cc1. The summed E-state index contributed by atoms with van der Waals surface area (Å²) in [4.78, 5) is 5.09. The zero-order chi connectivity index (χ0) is 93.7. The number of benzene rings is 21. The highest BCUT2D eigenvalue weighted by molar-refractivity contribution is 6.12. The summed E-state index contributed by atoms with van der Waals surface area (Å²) >= 11 is 0. The van der Waals surface area contributed by atoms with E-state index in [2.05, 4.69) is 535 Å². The van der Waals surface area contributed by atoms with E-state index >= 15 is 0 Å². The highest BCUT2D eigenvalue weighted by atomic mass is 15.2. The molecule has 0 atom stereocenters. The Kier molecular flexibility index (Phi) is 17.2. The molecule has 0 amide bonds. The van der Waals surface area contributed by atoms with E-state index in [0.717, 1.165) is 22.7 Å². The number of para-hydroxylation sites is 1. The van der Waals surface area contributed by atoms with E-state index < -0.39 is 21.7 Å². The Hall–Kier alpha value is -17.0. The van der Waals surface area contributed by atoms with Gasteiger partial charge in [0.25, 0.3) is 0 Å². The summed E-state index contributed by atoms with van der Waals surface area (Å²) in [6.07, 6.45) is 0. The standard InChI is InChI=1S/C82H62N2.C56H35N/c1-51-37-41-53(42-38-51)83(55-45-47-59-57-21-7-11-25-63(57)79(3,4)73(59)49-55)75-35-19-33-71-77(75)61-23-9-13-27-65(61)81(71)67-29-15-17-31-69(67)82(70-32-18-16-30-68(70)81)66-28-14-10-24-62(66)78-72(82)34-20-36-76(78)84(54-43-39-52(2)40-44-54)56-46-48-60-58-22-8-12-26-64(58)80(5,6)74(60)50-56;1-2-17-36(18-3-1)37-33-34-52-42(35-37)40-21-7-15-31-51(40)57(52)53-32-16-30-50-54(53)41-22-6-10-25-45(41)56(50)48-28-13-11-26-46(48)55(47-27-12-14-29-49(47)56)43-23-8-4-19-38(43)39-20-5-9-24-44(39)55/h7-50H,1-6H3;1-35H. The monoisotopic (exact) mass is 1800 g/mol. The Morgan fingerprint density at radius 1 is 0.177 bits per heavy atom. The van der Waals surface area contributed by atoms with Gasteiger partial charge in [0.1, 0.15) is 0 Å². The fraction of sp³-hybridized carbons (Fsp3) is 0.0870. The Labute approximate surface area is 823 Å². The van der Waals surface area contributed by atoms with E-state index in [9.17, 15) is 0 Å². The molecule has 0 saturated carbocycles. The molecule has 0 fully saturated rings. The fourth-order valence-corrected chi connectivity index (χ4v) is 28.1. The van der Waals surface area contributed by atoms with Crippen molar-refractivity contribution in [2.24, 2.45) is 0 Å². The van der Waals surface area contributed by atoms with Crippen molar-refractivity contribution in [1.82, 2.24) is 4.57 Å². The smallest absolute Gasteiger partial charge is 0.0720 e. The summed E-state index contributed by atoms with van der Waals surface area (Å²) in [5.74, 6) is 0. The quantitative estimate of drug-likeness (QED) is 0.150. The Balaban J connectivity index is 0.000000145. The molecule has 1 aromatic heterocycles. The molecule has 664 valence electrons. The van der Waals surface area contributed by atoms with E-state index in [4.69, 9.17) is 0 Å². The molecule has 8 aliphatic carbocycles. The summed E-state index contributed by atoms with van der Waals surface area (Å²) in [7, 11) is 0. The number of aryl methyl sites for hydroxylation is 2. The third-order valence-electron chi connectivity index (χ3n) is 33.8. The Morgan fingerprint density at radius 2 is 0.461 bits per heavy atom.